The number of aliphatic hydroxyl groups excluding tert-OH is 1. The number of halogens is 1. The minimum Gasteiger partial charge on any atom is -0.488 e. The van der Waals surface area contributed by atoms with Gasteiger partial charge >= 0.3 is 0 Å². The van der Waals surface area contributed by atoms with Crippen molar-refractivity contribution in [3.63, 3.8) is 0 Å². The first kappa shape index (κ1) is 10.3. The van der Waals surface area contributed by atoms with E-state index in [2.05, 4.69) is 0 Å². The van der Waals surface area contributed by atoms with Crippen molar-refractivity contribution in [2.75, 3.05) is 0 Å². The highest BCUT2D eigenvalue weighted by Crippen LogP contribution is 2.35. The first-order chi connectivity index (χ1) is 8.25. The molecule has 1 atom stereocenters. The average Bonchev–Trinajstić information content (AvgIpc) is 2.48. The lowest BCUT2D eigenvalue weighted by atomic mass is 9.98. The number of rotatable bonds is 0. The number of hydrogen-bond acceptors (Lipinski definition) is 2. The molecule has 0 radical (unpaired) electrons. The van der Waals surface area contributed by atoms with Crippen LogP contribution in [0.1, 0.15) is 22.8 Å². The van der Waals surface area contributed by atoms with Gasteiger partial charge in [-0.05, 0) is 23.3 Å². The van der Waals surface area contributed by atoms with Crippen molar-refractivity contribution in [3.05, 3.63) is 65.0 Å². The Morgan fingerprint density at radius 1 is 1.12 bits per heavy atom. The lowest BCUT2D eigenvalue weighted by Gasteiger charge is -2.12. The Morgan fingerprint density at radius 2 is 1.94 bits per heavy atom. The van der Waals surface area contributed by atoms with Gasteiger partial charge in [0.05, 0.1) is 0 Å². The maximum absolute atomic E-state index is 13.1. The van der Waals surface area contributed by atoms with E-state index in [-0.39, 0.29) is 5.82 Å². The zero-order valence-corrected chi connectivity index (χ0v) is 9.06. The van der Waals surface area contributed by atoms with Gasteiger partial charge in [-0.1, -0.05) is 24.3 Å². The lowest BCUT2D eigenvalue weighted by Crippen LogP contribution is -2.00. The van der Waals surface area contributed by atoms with Crippen LogP contribution in [0.2, 0.25) is 0 Å². The minimum absolute atomic E-state index is 0.351. The Labute approximate surface area is 98.3 Å². The van der Waals surface area contributed by atoms with Crippen LogP contribution in [-0.4, -0.2) is 5.11 Å². The third-order valence-electron chi connectivity index (χ3n) is 3.00. The van der Waals surface area contributed by atoms with Crippen LogP contribution in [0.15, 0.2) is 42.5 Å². The molecule has 0 bridgehead atoms. The number of ether oxygens (including phenoxy) is 1. The molecular weight excluding hydrogens is 219 g/mol. The van der Waals surface area contributed by atoms with Crippen molar-refractivity contribution in [2.24, 2.45) is 0 Å². The Hall–Kier alpha value is -1.87. The highest BCUT2D eigenvalue weighted by molar-refractivity contribution is 5.45. The monoisotopic (exact) mass is 230 g/mol. The van der Waals surface area contributed by atoms with Gasteiger partial charge in [-0.2, -0.15) is 0 Å². The molecule has 2 aromatic rings. The van der Waals surface area contributed by atoms with Crippen molar-refractivity contribution >= 4 is 0 Å². The van der Waals surface area contributed by atoms with Crippen molar-refractivity contribution < 1.29 is 14.2 Å². The molecule has 3 heteroatoms. The maximum atomic E-state index is 13.1. The molecule has 1 aliphatic rings. The summed E-state index contributed by atoms with van der Waals surface area (Å²) in [5.74, 6) is 0.0515. The molecule has 2 nitrogen and oxygen atoms in total. The molecule has 0 amide bonds. The van der Waals surface area contributed by atoms with E-state index in [1.165, 1.54) is 12.1 Å². The lowest BCUT2D eigenvalue weighted by molar-refractivity contribution is 0.218. The molecule has 0 saturated heterocycles. The number of hydrogen-bond donors (Lipinski definition) is 1. The summed E-state index contributed by atoms with van der Waals surface area (Å²) in [5, 5.41) is 10.3. The molecule has 1 aliphatic heterocycles. The second-order valence-corrected chi connectivity index (χ2v) is 4.07. The second kappa shape index (κ2) is 3.86. The zero-order chi connectivity index (χ0) is 11.8. The predicted octanol–water partition coefficient (Wildman–Crippen LogP) is 2.80. The summed E-state index contributed by atoms with van der Waals surface area (Å²) in [4.78, 5) is 0. The molecule has 2 aromatic carbocycles. The Balaban J connectivity index is 2.16. The fraction of sp³-hybridized carbons (Fsp3) is 0.143. The zero-order valence-electron chi connectivity index (χ0n) is 9.06. The average molecular weight is 230 g/mol. The molecule has 1 N–H and O–H groups in total. The normalized spacial score (nSPS) is 17.6. The maximum Gasteiger partial charge on any atom is 0.128 e. The second-order valence-electron chi connectivity index (χ2n) is 4.07. The van der Waals surface area contributed by atoms with E-state index in [1.54, 1.807) is 6.07 Å². The molecule has 0 spiro atoms. The van der Waals surface area contributed by atoms with Crippen molar-refractivity contribution in [1.29, 1.82) is 0 Å². The Kier molecular flexibility index (Phi) is 2.34. The van der Waals surface area contributed by atoms with Crippen molar-refractivity contribution in [1.82, 2.24) is 0 Å². The molecule has 1 unspecified atom stereocenters. The molecule has 0 aliphatic carbocycles. The van der Waals surface area contributed by atoms with Gasteiger partial charge in [0.25, 0.3) is 0 Å². The van der Waals surface area contributed by atoms with E-state index in [9.17, 15) is 9.50 Å². The van der Waals surface area contributed by atoms with Gasteiger partial charge < -0.3 is 9.84 Å². The van der Waals surface area contributed by atoms with Gasteiger partial charge in [0, 0.05) is 11.6 Å². The van der Waals surface area contributed by atoms with Gasteiger partial charge in [-0.15, -0.1) is 0 Å². The van der Waals surface area contributed by atoms with Crippen LogP contribution < -0.4 is 4.74 Å². The summed E-state index contributed by atoms with van der Waals surface area (Å²) in [7, 11) is 0. The van der Waals surface area contributed by atoms with Crippen LogP contribution in [0.5, 0.6) is 5.75 Å². The first-order valence-electron chi connectivity index (χ1n) is 5.44. The Morgan fingerprint density at radius 3 is 2.82 bits per heavy atom. The third kappa shape index (κ3) is 1.68. The van der Waals surface area contributed by atoms with Gasteiger partial charge in [-0.25, -0.2) is 4.39 Å². The van der Waals surface area contributed by atoms with Crippen molar-refractivity contribution in [2.45, 2.75) is 12.7 Å². The summed E-state index contributed by atoms with van der Waals surface area (Å²) in [5.41, 5.74) is 2.35. The minimum atomic E-state index is -0.760. The van der Waals surface area contributed by atoms with Crippen LogP contribution in [-0.2, 0) is 6.61 Å². The standard InChI is InChI=1S/C14H11FO2/c15-10-5-6-12-13(7-10)17-8-9-3-1-2-4-11(9)14(12)16/h1-7,14,16H,8H2. The fourth-order valence-electron chi connectivity index (χ4n) is 2.11. The third-order valence-corrected chi connectivity index (χ3v) is 3.00. The SMILES string of the molecule is OC1c2ccccc2COc2cc(F)ccc21. The van der Waals surface area contributed by atoms with Crippen LogP contribution >= 0.6 is 0 Å². The molecule has 1 heterocycles. The van der Waals surface area contributed by atoms with E-state index in [0.29, 0.717) is 17.9 Å². The predicted molar refractivity (Wildman–Crippen MR) is 61.2 cm³/mol. The van der Waals surface area contributed by atoms with E-state index in [0.717, 1.165) is 11.1 Å². The smallest absolute Gasteiger partial charge is 0.128 e. The van der Waals surface area contributed by atoms with Crippen LogP contribution in [0, 0.1) is 5.82 Å². The Bertz CT molecular complexity index is 566. The summed E-state index contributed by atoms with van der Waals surface area (Å²) in [6.45, 7) is 0.351. The fourth-order valence-corrected chi connectivity index (χ4v) is 2.11. The summed E-state index contributed by atoms with van der Waals surface area (Å²) < 4.78 is 18.6. The highest BCUT2D eigenvalue weighted by Gasteiger charge is 2.22. The number of aliphatic hydroxyl groups is 1. The van der Waals surface area contributed by atoms with E-state index in [1.807, 2.05) is 24.3 Å². The first-order valence-corrected chi connectivity index (χ1v) is 5.44. The largest absolute Gasteiger partial charge is 0.488 e. The highest BCUT2D eigenvalue weighted by atomic mass is 19.1. The van der Waals surface area contributed by atoms with E-state index in [4.69, 9.17) is 4.74 Å². The topological polar surface area (TPSA) is 29.5 Å². The molecule has 3 rings (SSSR count). The summed E-state index contributed by atoms with van der Waals surface area (Å²) in [6, 6.07) is 11.7. The molecule has 0 aromatic heterocycles. The molecule has 86 valence electrons. The van der Waals surface area contributed by atoms with Crippen molar-refractivity contribution in [3.8, 4) is 5.75 Å². The van der Waals surface area contributed by atoms with Gasteiger partial charge in [0.2, 0.25) is 0 Å². The molecule has 0 fully saturated rings. The van der Waals surface area contributed by atoms with Crippen LogP contribution in [0.4, 0.5) is 4.39 Å². The van der Waals surface area contributed by atoms with Gasteiger partial charge in [0.15, 0.2) is 0 Å². The number of fused-ring (bicyclic) bond motifs is 2. The molecule has 17 heavy (non-hydrogen) atoms. The molecular formula is C14H11FO2. The van der Waals surface area contributed by atoms with Gasteiger partial charge in [0.1, 0.15) is 24.3 Å². The van der Waals surface area contributed by atoms with Crippen LogP contribution in [0.3, 0.4) is 0 Å². The summed E-state index contributed by atoms with van der Waals surface area (Å²) >= 11 is 0. The van der Waals surface area contributed by atoms with Gasteiger partial charge in [-0.3, -0.25) is 0 Å². The van der Waals surface area contributed by atoms with Crippen LogP contribution in [0.25, 0.3) is 0 Å². The van der Waals surface area contributed by atoms with E-state index < -0.39 is 6.10 Å². The van der Waals surface area contributed by atoms with E-state index >= 15 is 0 Å². The summed E-state index contributed by atoms with van der Waals surface area (Å²) in [6.07, 6.45) is -0.760. The number of benzene rings is 2. The quantitative estimate of drug-likeness (QED) is 0.754. The molecule has 0 saturated carbocycles.